The number of thiocarbonyl (C=S) groups is 1. The van der Waals surface area contributed by atoms with Gasteiger partial charge in [-0.15, -0.1) is 0 Å². The maximum absolute atomic E-state index is 12.4. The SMILES string of the molecule is FC(F)Sc1ccc(NC(=S)NCc2ccccc2CN2CCCCC2)cc1. The van der Waals surface area contributed by atoms with E-state index < -0.39 is 5.76 Å². The van der Waals surface area contributed by atoms with Crippen molar-refractivity contribution in [3.8, 4) is 0 Å². The van der Waals surface area contributed by atoms with Crippen LogP contribution >= 0.6 is 24.0 Å². The molecule has 1 aliphatic rings. The summed E-state index contributed by atoms with van der Waals surface area (Å²) < 4.78 is 24.8. The minimum atomic E-state index is -2.41. The van der Waals surface area contributed by atoms with E-state index in [2.05, 4.69) is 33.7 Å². The van der Waals surface area contributed by atoms with Crippen LogP contribution < -0.4 is 10.6 Å². The molecule has 0 atom stereocenters. The number of piperidine rings is 1. The molecular weight excluding hydrogens is 396 g/mol. The second-order valence-electron chi connectivity index (χ2n) is 6.82. The topological polar surface area (TPSA) is 27.3 Å². The molecule has 0 aliphatic carbocycles. The molecule has 1 aliphatic heterocycles. The van der Waals surface area contributed by atoms with E-state index in [9.17, 15) is 8.78 Å². The summed E-state index contributed by atoms with van der Waals surface area (Å²) in [5.41, 5.74) is 3.34. The smallest absolute Gasteiger partial charge is 0.288 e. The Balaban J connectivity index is 1.51. The van der Waals surface area contributed by atoms with Crippen molar-refractivity contribution in [2.24, 2.45) is 0 Å². The summed E-state index contributed by atoms with van der Waals surface area (Å²) in [7, 11) is 0. The third kappa shape index (κ3) is 6.72. The van der Waals surface area contributed by atoms with Crippen LogP contribution in [-0.2, 0) is 13.1 Å². The van der Waals surface area contributed by atoms with Gasteiger partial charge in [-0.2, -0.15) is 8.78 Å². The lowest BCUT2D eigenvalue weighted by Crippen LogP contribution is -2.31. The Bertz CT molecular complexity index is 763. The van der Waals surface area contributed by atoms with E-state index in [0.29, 0.717) is 28.3 Å². The summed E-state index contributed by atoms with van der Waals surface area (Å²) in [4.78, 5) is 3.05. The molecule has 28 heavy (non-hydrogen) atoms. The fourth-order valence-corrected chi connectivity index (χ4v) is 4.00. The third-order valence-corrected chi connectivity index (χ3v) is 5.71. The van der Waals surface area contributed by atoms with Gasteiger partial charge < -0.3 is 10.6 Å². The number of halogens is 2. The van der Waals surface area contributed by atoms with E-state index >= 15 is 0 Å². The van der Waals surface area contributed by atoms with Gasteiger partial charge >= 0.3 is 0 Å². The van der Waals surface area contributed by atoms with Crippen LogP contribution in [-0.4, -0.2) is 28.9 Å². The quantitative estimate of drug-likeness (QED) is 0.456. The molecule has 0 saturated carbocycles. The first-order chi connectivity index (χ1) is 13.6. The second-order valence-corrected chi connectivity index (χ2v) is 8.29. The number of rotatable bonds is 7. The minimum Gasteiger partial charge on any atom is -0.358 e. The number of anilines is 1. The highest BCUT2D eigenvalue weighted by Gasteiger charge is 2.12. The van der Waals surface area contributed by atoms with E-state index in [1.807, 2.05) is 6.07 Å². The molecule has 0 spiro atoms. The van der Waals surface area contributed by atoms with Gasteiger partial charge in [0.1, 0.15) is 0 Å². The van der Waals surface area contributed by atoms with E-state index in [4.69, 9.17) is 12.2 Å². The molecule has 150 valence electrons. The van der Waals surface area contributed by atoms with Crippen LogP contribution in [0.2, 0.25) is 0 Å². The van der Waals surface area contributed by atoms with Crippen LogP contribution in [0.1, 0.15) is 30.4 Å². The molecule has 0 unspecified atom stereocenters. The number of likely N-dealkylation sites (tertiary alicyclic amines) is 1. The van der Waals surface area contributed by atoms with Crippen molar-refractivity contribution in [2.75, 3.05) is 18.4 Å². The molecule has 0 amide bonds. The van der Waals surface area contributed by atoms with Crippen molar-refractivity contribution in [3.63, 3.8) is 0 Å². The molecule has 1 fully saturated rings. The van der Waals surface area contributed by atoms with Crippen molar-refractivity contribution in [3.05, 3.63) is 59.7 Å². The van der Waals surface area contributed by atoms with E-state index in [0.717, 1.165) is 12.2 Å². The van der Waals surface area contributed by atoms with Gasteiger partial charge in [-0.05, 0) is 73.5 Å². The number of hydrogen-bond donors (Lipinski definition) is 2. The number of benzene rings is 2. The molecular formula is C21H25F2N3S2. The summed E-state index contributed by atoms with van der Waals surface area (Å²) in [6.07, 6.45) is 3.90. The third-order valence-electron chi connectivity index (χ3n) is 4.74. The van der Waals surface area contributed by atoms with Crippen molar-refractivity contribution < 1.29 is 8.78 Å². The molecule has 7 heteroatoms. The molecule has 3 rings (SSSR count). The Hall–Kier alpha value is -1.70. The normalized spacial score (nSPS) is 14.8. The highest BCUT2D eigenvalue weighted by molar-refractivity contribution is 7.99. The standard InChI is InChI=1S/C21H25F2N3S2/c22-20(23)28-19-10-8-18(9-11-19)25-21(27)24-14-16-6-2-3-7-17(16)15-26-12-4-1-5-13-26/h2-3,6-11,20H,1,4-5,12-15H2,(H2,24,25,27). The fraction of sp³-hybridized carbons (Fsp3) is 0.381. The van der Waals surface area contributed by atoms with Gasteiger partial charge in [0.2, 0.25) is 0 Å². The molecule has 0 aromatic heterocycles. The molecule has 1 saturated heterocycles. The van der Waals surface area contributed by atoms with Gasteiger partial charge in [0.15, 0.2) is 5.11 Å². The predicted molar refractivity (Wildman–Crippen MR) is 117 cm³/mol. The highest BCUT2D eigenvalue weighted by Crippen LogP contribution is 2.26. The lowest BCUT2D eigenvalue weighted by Gasteiger charge is -2.27. The Morgan fingerprint density at radius 3 is 2.36 bits per heavy atom. The van der Waals surface area contributed by atoms with Crippen molar-refractivity contribution in [1.82, 2.24) is 10.2 Å². The number of nitrogens with one attached hydrogen (secondary N) is 2. The van der Waals surface area contributed by atoms with Crippen molar-refractivity contribution in [1.29, 1.82) is 0 Å². The molecule has 3 nitrogen and oxygen atoms in total. The zero-order valence-electron chi connectivity index (χ0n) is 15.7. The predicted octanol–water partition coefficient (Wildman–Crippen LogP) is 5.47. The Kier molecular flexibility index (Phi) is 8.06. The summed E-state index contributed by atoms with van der Waals surface area (Å²) in [6, 6.07) is 15.3. The van der Waals surface area contributed by atoms with E-state index in [1.165, 1.54) is 43.5 Å². The number of alkyl halides is 2. The Morgan fingerprint density at radius 1 is 1.00 bits per heavy atom. The van der Waals surface area contributed by atoms with Crippen molar-refractivity contribution >= 4 is 34.8 Å². The lowest BCUT2D eigenvalue weighted by atomic mass is 10.0. The van der Waals surface area contributed by atoms with Crippen LogP contribution in [0.25, 0.3) is 0 Å². The molecule has 0 radical (unpaired) electrons. The first-order valence-corrected chi connectivity index (χ1v) is 10.8. The van der Waals surface area contributed by atoms with Gasteiger partial charge in [-0.25, -0.2) is 0 Å². The molecule has 2 aromatic carbocycles. The maximum Gasteiger partial charge on any atom is 0.288 e. The molecule has 2 N–H and O–H groups in total. The van der Waals surface area contributed by atoms with Gasteiger partial charge in [-0.1, -0.05) is 42.4 Å². The van der Waals surface area contributed by atoms with Crippen LogP contribution in [0.3, 0.4) is 0 Å². The van der Waals surface area contributed by atoms with Crippen molar-refractivity contribution in [2.45, 2.75) is 43.0 Å². The first kappa shape index (κ1) is 21.0. The molecule has 2 aromatic rings. The van der Waals surface area contributed by atoms with E-state index in [-0.39, 0.29) is 0 Å². The molecule has 1 heterocycles. The fourth-order valence-electron chi connectivity index (χ4n) is 3.31. The zero-order chi connectivity index (χ0) is 19.8. The van der Waals surface area contributed by atoms with Crippen LogP contribution in [0.4, 0.5) is 14.5 Å². The average Bonchev–Trinajstić information content (AvgIpc) is 2.69. The monoisotopic (exact) mass is 421 g/mol. The van der Waals surface area contributed by atoms with Gasteiger partial charge in [0.05, 0.1) is 0 Å². The summed E-state index contributed by atoms with van der Waals surface area (Å²) in [5.74, 6) is -2.41. The van der Waals surface area contributed by atoms with Crippen LogP contribution in [0, 0.1) is 0 Å². The summed E-state index contributed by atoms with van der Waals surface area (Å²) in [5, 5.41) is 6.87. The highest BCUT2D eigenvalue weighted by atomic mass is 32.2. The van der Waals surface area contributed by atoms with Gasteiger partial charge in [0.25, 0.3) is 5.76 Å². The largest absolute Gasteiger partial charge is 0.358 e. The number of nitrogens with zero attached hydrogens (tertiary/aromatic N) is 1. The zero-order valence-corrected chi connectivity index (χ0v) is 17.3. The number of thioether (sulfide) groups is 1. The van der Waals surface area contributed by atoms with Crippen LogP contribution in [0.15, 0.2) is 53.4 Å². The minimum absolute atomic E-state index is 0.516. The Labute approximate surface area is 174 Å². The lowest BCUT2D eigenvalue weighted by molar-refractivity contribution is 0.220. The first-order valence-electron chi connectivity index (χ1n) is 9.49. The van der Waals surface area contributed by atoms with E-state index in [1.54, 1.807) is 24.3 Å². The van der Waals surface area contributed by atoms with Crippen LogP contribution in [0.5, 0.6) is 0 Å². The second kappa shape index (κ2) is 10.7. The van der Waals surface area contributed by atoms with Gasteiger partial charge in [-0.3, -0.25) is 4.90 Å². The summed E-state index contributed by atoms with van der Waals surface area (Å²) in [6.45, 7) is 3.96. The maximum atomic E-state index is 12.4. The van der Waals surface area contributed by atoms with Gasteiger partial charge in [0, 0.05) is 23.7 Å². The average molecular weight is 422 g/mol. The Morgan fingerprint density at radius 2 is 1.68 bits per heavy atom. The number of hydrogen-bond acceptors (Lipinski definition) is 3. The molecule has 0 bridgehead atoms. The summed E-state index contributed by atoms with van der Waals surface area (Å²) >= 11 is 5.92.